The molecule has 0 saturated carbocycles. The van der Waals surface area contributed by atoms with Crippen LogP contribution in [-0.2, 0) is 10.0 Å². The molecule has 126 valence electrons. The monoisotopic (exact) mass is 369 g/mol. The van der Waals surface area contributed by atoms with Gasteiger partial charge in [0.2, 0.25) is 0 Å². The van der Waals surface area contributed by atoms with E-state index in [-0.39, 0.29) is 10.6 Å². The highest BCUT2D eigenvalue weighted by Crippen LogP contribution is 2.17. The highest BCUT2D eigenvalue weighted by molar-refractivity contribution is 7.93. The van der Waals surface area contributed by atoms with Crippen LogP contribution in [0.4, 0.5) is 4.39 Å². The predicted octanol–water partition coefficient (Wildman–Crippen LogP) is 3.22. The highest BCUT2D eigenvalue weighted by Gasteiger charge is 2.16. The van der Waals surface area contributed by atoms with Gasteiger partial charge in [-0.3, -0.25) is 4.79 Å². The highest BCUT2D eigenvalue weighted by atomic mass is 35.5. The van der Waals surface area contributed by atoms with Crippen molar-refractivity contribution in [3.63, 3.8) is 0 Å². The number of rotatable bonds is 5. The lowest BCUT2D eigenvalue weighted by Gasteiger charge is -2.05. The van der Waals surface area contributed by atoms with Crippen LogP contribution in [0.1, 0.15) is 15.9 Å². The molecule has 0 atom stereocenters. The first kappa shape index (κ1) is 18.0. The zero-order valence-electron chi connectivity index (χ0n) is 12.5. The summed E-state index contributed by atoms with van der Waals surface area (Å²) in [6, 6.07) is 9.70. The summed E-state index contributed by atoms with van der Waals surface area (Å²) >= 11 is 5.73. The van der Waals surface area contributed by atoms with Crippen LogP contribution in [0.25, 0.3) is 6.08 Å². The van der Waals surface area contributed by atoms with Crippen molar-refractivity contribution in [2.24, 2.45) is 0 Å². The van der Waals surface area contributed by atoms with Gasteiger partial charge in [0.1, 0.15) is 11.6 Å². The zero-order valence-corrected chi connectivity index (χ0v) is 14.1. The molecular weight excluding hydrogens is 357 g/mol. The van der Waals surface area contributed by atoms with Crippen LogP contribution in [0.2, 0.25) is 5.02 Å². The minimum absolute atomic E-state index is 0.139. The van der Waals surface area contributed by atoms with Crippen LogP contribution in [0, 0.1) is 5.82 Å². The molecule has 0 aliphatic heterocycles. The Morgan fingerprint density at radius 1 is 1.21 bits per heavy atom. The van der Waals surface area contributed by atoms with E-state index >= 15 is 0 Å². The molecule has 0 saturated heterocycles. The van der Waals surface area contributed by atoms with Crippen molar-refractivity contribution in [2.75, 3.05) is 7.11 Å². The molecule has 2 aromatic carbocycles. The summed E-state index contributed by atoms with van der Waals surface area (Å²) in [4.78, 5) is 11.9. The van der Waals surface area contributed by atoms with Crippen LogP contribution >= 0.6 is 11.6 Å². The van der Waals surface area contributed by atoms with E-state index in [0.717, 1.165) is 23.6 Å². The topological polar surface area (TPSA) is 72.5 Å². The fourth-order valence-corrected chi connectivity index (χ4v) is 2.80. The second-order valence-electron chi connectivity index (χ2n) is 4.68. The van der Waals surface area contributed by atoms with Crippen LogP contribution in [0.3, 0.4) is 0 Å². The smallest absolute Gasteiger partial charge is 0.266 e. The first-order valence-electron chi connectivity index (χ1n) is 6.65. The maximum absolute atomic E-state index is 13.0. The average molecular weight is 370 g/mol. The largest absolute Gasteiger partial charge is 0.497 e. The summed E-state index contributed by atoms with van der Waals surface area (Å²) in [5.74, 6) is -0.938. The number of halogens is 2. The molecule has 2 aromatic rings. The van der Waals surface area contributed by atoms with Gasteiger partial charge in [-0.1, -0.05) is 23.7 Å². The van der Waals surface area contributed by atoms with Crippen LogP contribution in [-0.4, -0.2) is 21.4 Å². The molecule has 24 heavy (non-hydrogen) atoms. The van der Waals surface area contributed by atoms with Gasteiger partial charge in [0.25, 0.3) is 15.9 Å². The number of amides is 1. The number of hydrogen-bond donors (Lipinski definition) is 1. The van der Waals surface area contributed by atoms with Crippen molar-refractivity contribution >= 4 is 33.6 Å². The summed E-state index contributed by atoms with van der Waals surface area (Å²) in [6.45, 7) is 0. The normalized spacial score (nSPS) is 11.5. The Bertz CT molecular complexity index is 879. The number of hydrogen-bond acceptors (Lipinski definition) is 4. The van der Waals surface area contributed by atoms with Crippen molar-refractivity contribution in [3.05, 3.63) is 69.8 Å². The summed E-state index contributed by atoms with van der Waals surface area (Å²) in [5, 5.41) is 0.672. The van der Waals surface area contributed by atoms with Gasteiger partial charge in [-0.2, -0.15) is 0 Å². The predicted molar refractivity (Wildman–Crippen MR) is 89.8 cm³/mol. The van der Waals surface area contributed by atoms with Gasteiger partial charge in [-0.25, -0.2) is 17.5 Å². The maximum Gasteiger partial charge on any atom is 0.266 e. The molecule has 1 N–H and O–H groups in total. The first-order valence-corrected chi connectivity index (χ1v) is 8.57. The Labute approximate surface area is 143 Å². The fourth-order valence-electron chi connectivity index (χ4n) is 1.77. The number of benzene rings is 2. The third kappa shape index (κ3) is 4.81. The number of carbonyl (C=O) groups excluding carboxylic acids is 1. The van der Waals surface area contributed by atoms with Gasteiger partial charge in [0, 0.05) is 0 Å². The van der Waals surface area contributed by atoms with Gasteiger partial charge in [0.05, 0.1) is 23.1 Å². The van der Waals surface area contributed by atoms with E-state index in [4.69, 9.17) is 16.3 Å². The van der Waals surface area contributed by atoms with E-state index in [9.17, 15) is 17.6 Å². The van der Waals surface area contributed by atoms with Crippen LogP contribution in [0.5, 0.6) is 5.75 Å². The quantitative estimate of drug-likeness (QED) is 0.878. The number of sulfonamides is 1. The van der Waals surface area contributed by atoms with E-state index in [1.54, 1.807) is 24.3 Å². The van der Waals surface area contributed by atoms with Gasteiger partial charge >= 0.3 is 0 Å². The molecule has 0 heterocycles. The first-order chi connectivity index (χ1) is 11.3. The second kappa shape index (κ2) is 7.46. The maximum atomic E-state index is 13.0. The van der Waals surface area contributed by atoms with E-state index in [1.807, 2.05) is 4.72 Å². The number of methoxy groups -OCH3 is 1. The van der Waals surface area contributed by atoms with E-state index in [1.165, 1.54) is 13.2 Å². The molecule has 0 bridgehead atoms. The Kier molecular flexibility index (Phi) is 5.58. The van der Waals surface area contributed by atoms with E-state index in [0.29, 0.717) is 11.3 Å². The standard InChI is InChI=1S/C16H13ClFNO4S/c1-23-13-5-2-11(3-6-13)8-9-24(21,22)19-16(20)14-7-4-12(18)10-15(14)17/h2-10H,1H3,(H,19,20)/b9-8+. The molecule has 0 aliphatic carbocycles. The molecule has 0 unspecified atom stereocenters. The molecule has 2 rings (SSSR count). The Morgan fingerprint density at radius 3 is 2.46 bits per heavy atom. The second-order valence-corrected chi connectivity index (χ2v) is 6.65. The summed E-state index contributed by atoms with van der Waals surface area (Å²) in [5.41, 5.74) is 0.466. The van der Waals surface area contributed by atoms with Crippen molar-refractivity contribution in [3.8, 4) is 5.75 Å². The zero-order chi connectivity index (χ0) is 17.7. The van der Waals surface area contributed by atoms with Gasteiger partial charge in [0.15, 0.2) is 0 Å². The lowest BCUT2D eigenvalue weighted by Crippen LogP contribution is -2.29. The molecule has 8 heteroatoms. The number of ether oxygens (including phenoxy) is 1. The van der Waals surface area contributed by atoms with Crippen LogP contribution < -0.4 is 9.46 Å². The minimum atomic E-state index is -4.03. The Hall–Kier alpha value is -2.38. The summed E-state index contributed by atoms with van der Waals surface area (Å²) in [7, 11) is -2.51. The summed E-state index contributed by atoms with van der Waals surface area (Å²) < 4.78 is 43.7. The third-order valence-corrected chi connectivity index (χ3v) is 4.24. The molecule has 0 radical (unpaired) electrons. The molecule has 0 spiro atoms. The lowest BCUT2D eigenvalue weighted by atomic mass is 10.2. The van der Waals surface area contributed by atoms with Crippen molar-refractivity contribution in [1.29, 1.82) is 0 Å². The van der Waals surface area contributed by atoms with Gasteiger partial charge < -0.3 is 4.74 Å². The fraction of sp³-hybridized carbons (Fsp3) is 0.0625. The Balaban J connectivity index is 2.12. The molecule has 5 nitrogen and oxygen atoms in total. The SMILES string of the molecule is COc1ccc(/C=C/S(=O)(=O)NC(=O)c2ccc(F)cc2Cl)cc1. The number of carbonyl (C=O) groups is 1. The molecule has 0 aromatic heterocycles. The molecule has 0 aliphatic rings. The average Bonchev–Trinajstić information content (AvgIpc) is 2.53. The van der Waals surface area contributed by atoms with E-state index in [2.05, 4.69) is 0 Å². The number of nitrogens with one attached hydrogen (secondary N) is 1. The molecular formula is C16H13ClFNO4S. The van der Waals surface area contributed by atoms with Crippen molar-refractivity contribution < 1.29 is 22.3 Å². The van der Waals surface area contributed by atoms with Crippen LogP contribution in [0.15, 0.2) is 47.9 Å². The van der Waals surface area contributed by atoms with E-state index < -0.39 is 21.7 Å². The van der Waals surface area contributed by atoms with Crippen molar-refractivity contribution in [1.82, 2.24) is 4.72 Å². The van der Waals surface area contributed by atoms with Gasteiger partial charge in [-0.05, 0) is 42.0 Å². The Morgan fingerprint density at radius 2 is 1.88 bits per heavy atom. The lowest BCUT2D eigenvalue weighted by molar-refractivity contribution is 0.0982. The minimum Gasteiger partial charge on any atom is -0.497 e. The molecule has 0 fully saturated rings. The van der Waals surface area contributed by atoms with Crippen molar-refractivity contribution in [2.45, 2.75) is 0 Å². The molecule has 1 amide bonds. The van der Waals surface area contributed by atoms with Gasteiger partial charge in [-0.15, -0.1) is 0 Å². The third-order valence-electron chi connectivity index (χ3n) is 2.97. The summed E-state index contributed by atoms with van der Waals surface area (Å²) in [6.07, 6.45) is 1.32.